The summed E-state index contributed by atoms with van der Waals surface area (Å²) in [4.78, 5) is 15.4. The highest BCUT2D eigenvalue weighted by Crippen LogP contribution is 2.25. The number of pyridine rings is 1. The largest absolute Gasteiger partial charge is 0.357 e. The van der Waals surface area contributed by atoms with Gasteiger partial charge in [0.25, 0.3) is 0 Å². The molecule has 68 valence electrons. The highest BCUT2D eigenvalue weighted by molar-refractivity contribution is 9.10. The lowest BCUT2D eigenvalue weighted by atomic mass is 10.2. The highest BCUT2D eigenvalue weighted by Gasteiger charge is 2.21. The number of rotatable bonds is 0. The lowest BCUT2D eigenvalue weighted by molar-refractivity contribution is -0.116. The van der Waals surface area contributed by atoms with Crippen LogP contribution in [0.25, 0.3) is 0 Å². The smallest absolute Gasteiger partial charge is 0.246 e. The summed E-state index contributed by atoms with van der Waals surface area (Å²) in [6.07, 6.45) is 0. The maximum atomic E-state index is 11.2. The Balaban J connectivity index is 2.42. The van der Waals surface area contributed by atoms with E-state index in [2.05, 4.69) is 31.5 Å². The first-order valence-electron chi connectivity index (χ1n) is 3.91. The van der Waals surface area contributed by atoms with E-state index in [1.165, 1.54) is 0 Å². The zero-order chi connectivity index (χ0) is 9.42. The molecule has 1 aliphatic rings. The predicted molar refractivity (Wildman–Crippen MR) is 53.7 cm³/mol. The van der Waals surface area contributed by atoms with Crippen LogP contribution in [-0.2, 0) is 4.79 Å². The first-order valence-corrected chi connectivity index (χ1v) is 4.70. The minimum Gasteiger partial charge on any atom is -0.357 e. The van der Waals surface area contributed by atoms with E-state index in [1.54, 1.807) is 13.0 Å². The molecule has 2 heterocycles. The van der Waals surface area contributed by atoms with Crippen molar-refractivity contribution in [1.82, 2.24) is 4.98 Å². The van der Waals surface area contributed by atoms with Crippen molar-refractivity contribution in [2.75, 3.05) is 10.6 Å². The minimum absolute atomic E-state index is 0.0309. The van der Waals surface area contributed by atoms with Gasteiger partial charge in [-0.3, -0.25) is 4.79 Å². The average Bonchev–Trinajstić information content (AvgIpc) is 2.08. The van der Waals surface area contributed by atoms with Crippen LogP contribution in [0.5, 0.6) is 0 Å². The van der Waals surface area contributed by atoms with Gasteiger partial charge in [-0.05, 0) is 35.0 Å². The summed E-state index contributed by atoms with van der Waals surface area (Å²) in [7, 11) is 0. The van der Waals surface area contributed by atoms with Crippen molar-refractivity contribution in [3.05, 3.63) is 16.7 Å². The molecule has 0 spiro atoms. The lowest BCUT2D eigenvalue weighted by Crippen LogP contribution is -2.36. The van der Waals surface area contributed by atoms with E-state index in [9.17, 15) is 4.79 Å². The molecule has 0 aliphatic carbocycles. The Kier molecular flexibility index (Phi) is 1.95. The summed E-state index contributed by atoms with van der Waals surface area (Å²) < 4.78 is 0.752. The average molecular weight is 242 g/mol. The number of nitrogens with one attached hydrogen (secondary N) is 2. The van der Waals surface area contributed by atoms with E-state index in [4.69, 9.17) is 0 Å². The van der Waals surface area contributed by atoms with Crippen molar-refractivity contribution >= 4 is 33.3 Å². The summed E-state index contributed by atoms with van der Waals surface area (Å²) in [6.45, 7) is 1.79. The lowest BCUT2D eigenvalue weighted by Gasteiger charge is -2.22. The third kappa shape index (κ3) is 1.51. The van der Waals surface area contributed by atoms with E-state index >= 15 is 0 Å². The molecule has 4 nitrogen and oxygen atoms in total. The summed E-state index contributed by atoms with van der Waals surface area (Å²) in [5, 5.41) is 5.75. The molecule has 0 unspecified atom stereocenters. The van der Waals surface area contributed by atoms with Gasteiger partial charge in [0.2, 0.25) is 5.91 Å². The van der Waals surface area contributed by atoms with Gasteiger partial charge >= 0.3 is 0 Å². The van der Waals surface area contributed by atoms with Crippen molar-refractivity contribution in [1.29, 1.82) is 0 Å². The highest BCUT2D eigenvalue weighted by atomic mass is 79.9. The number of carbonyl (C=O) groups is 1. The predicted octanol–water partition coefficient (Wildman–Crippen LogP) is 1.60. The summed E-state index contributed by atoms with van der Waals surface area (Å²) in [6, 6.07) is 3.37. The number of halogens is 1. The van der Waals surface area contributed by atoms with Gasteiger partial charge in [0.15, 0.2) is 5.82 Å². The molecule has 1 aromatic rings. The first kappa shape index (κ1) is 8.50. The Morgan fingerprint density at radius 3 is 3.08 bits per heavy atom. The van der Waals surface area contributed by atoms with Crippen LogP contribution in [0, 0.1) is 0 Å². The van der Waals surface area contributed by atoms with Crippen LogP contribution < -0.4 is 10.6 Å². The minimum atomic E-state index is -0.228. The van der Waals surface area contributed by atoms with Gasteiger partial charge in [-0.15, -0.1) is 0 Å². The number of nitrogens with zero attached hydrogens (tertiary/aromatic N) is 1. The fourth-order valence-corrected chi connectivity index (χ4v) is 1.47. The Labute approximate surface area is 83.9 Å². The number of anilines is 2. The van der Waals surface area contributed by atoms with Crippen LogP contribution >= 0.6 is 15.9 Å². The summed E-state index contributed by atoms with van der Waals surface area (Å²) >= 11 is 3.26. The fourth-order valence-electron chi connectivity index (χ4n) is 1.16. The molecule has 0 bridgehead atoms. The van der Waals surface area contributed by atoms with Gasteiger partial charge in [0.1, 0.15) is 10.6 Å². The number of hydrogen-bond acceptors (Lipinski definition) is 3. The summed E-state index contributed by atoms with van der Waals surface area (Å²) in [5.41, 5.74) is 0.728. The van der Waals surface area contributed by atoms with Crippen molar-refractivity contribution in [2.24, 2.45) is 0 Å². The molecule has 0 saturated heterocycles. The SMILES string of the molecule is C[C@H]1Nc2nc(Br)ccc2NC1=O. The van der Waals surface area contributed by atoms with E-state index in [0.717, 1.165) is 10.3 Å². The van der Waals surface area contributed by atoms with Crippen LogP contribution in [0.4, 0.5) is 11.5 Å². The molecule has 0 radical (unpaired) electrons. The van der Waals surface area contributed by atoms with Crippen molar-refractivity contribution in [2.45, 2.75) is 13.0 Å². The van der Waals surface area contributed by atoms with Crippen molar-refractivity contribution in [3.8, 4) is 0 Å². The molecular formula is C8H8BrN3O. The van der Waals surface area contributed by atoms with Crippen LogP contribution in [0.3, 0.4) is 0 Å². The third-order valence-corrected chi connectivity index (χ3v) is 2.31. The maximum absolute atomic E-state index is 11.2. The molecule has 2 N–H and O–H groups in total. The monoisotopic (exact) mass is 241 g/mol. The second kappa shape index (κ2) is 2.99. The van der Waals surface area contributed by atoms with Gasteiger partial charge in [-0.25, -0.2) is 4.98 Å². The molecule has 1 atom stereocenters. The van der Waals surface area contributed by atoms with E-state index < -0.39 is 0 Å². The molecule has 1 aliphatic heterocycles. The Hall–Kier alpha value is -1.10. The van der Waals surface area contributed by atoms with Gasteiger partial charge in [-0.1, -0.05) is 0 Å². The second-order valence-electron chi connectivity index (χ2n) is 2.89. The normalized spacial score (nSPS) is 20.2. The van der Waals surface area contributed by atoms with Crippen LogP contribution in [0.2, 0.25) is 0 Å². The molecule has 2 rings (SSSR count). The van der Waals surface area contributed by atoms with Crippen LogP contribution in [0.1, 0.15) is 6.92 Å². The van der Waals surface area contributed by atoms with Gasteiger partial charge < -0.3 is 10.6 Å². The zero-order valence-corrected chi connectivity index (χ0v) is 8.55. The van der Waals surface area contributed by atoms with Crippen molar-refractivity contribution in [3.63, 3.8) is 0 Å². The van der Waals surface area contributed by atoms with Gasteiger partial charge in [-0.2, -0.15) is 0 Å². The molecule has 13 heavy (non-hydrogen) atoms. The molecule has 0 aromatic carbocycles. The standard InChI is InChI=1S/C8H8BrN3O/c1-4-8(13)11-5-2-3-6(9)12-7(5)10-4/h2-4H,1H3,(H,10,12)(H,11,13)/t4-/m1/s1. The fraction of sp³-hybridized carbons (Fsp3) is 0.250. The number of hydrogen-bond donors (Lipinski definition) is 2. The van der Waals surface area contributed by atoms with Gasteiger partial charge in [0, 0.05) is 0 Å². The second-order valence-corrected chi connectivity index (χ2v) is 3.70. The van der Waals surface area contributed by atoms with Crippen molar-refractivity contribution < 1.29 is 4.79 Å². The third-order valence-electron chi connectivity index (χ3n) is 1.87. The van der Waals surface area contributed by atoms with E-state index in [1.807, 2.05) is 6.07 Å². The van der Waals surface area contributed by atoms with E-state index in [-0.39, 0.29) is 11.9 Å². The number of aromatic nitrogens is 1. The van der Waals surface area contributed by atoms with Crippen LogP contribution in [-0.4, -0.2) is 16.9 Å². The molecule has 0 fully saturated rings. The number of amides is 1. The van der Waals surface area contributed by atoms with Crippen LogP contribution in [0.15, 0.2) is 16.7 Å². The van der Waals surface area contributed by atoms with E-state index in [0.29, 0.717) is 5.82 Å². The topological polar surface area (TPSA) is 54.0 Å². The zero-order valence-electron chi connectivity index (χ0n) is 6.97. The summed E-state index contributed by atoms with van der Waals surface area (Å²) in [5.74, 6) is 0.679. The number of carbonyl (C=O) groups excluding carboxylic acids is 1. The van der Waals surface area contributed by atoms with Gasteiger partial charge in [0.05, 0.1) is 5.69 Å². The molecule has 1 aromatic heterocycles. The molecular weight excluding hydrogens is 234 g/mol. The Morgan fingerprint density at radius 2 is 2.31 bits per heavy atom. The molecule has 1 amide bonds. The Bertz CT molecular complexity index is 366. The Morgan fingerprint density at radius 1 is 1.54 bits per heavy atom. The molecule has 0 saturated carbocycles. The number of fused-ring (bicyclic) bond motifs is 1. The maximum Gasteiger partial charge on any atom is 0.246 e. The molecule has 5 heteroatoms. The first-order chi connectivity index (χ1) is 6.16. The quantitative estimate of drug-likeness (QED) is 0.679.